The molecule has 1 heterocycles. The third-order valence-corrected chi connectivity index (χ3v) is 3.61. The predicted molar refractivity (Wildman–Crippen MR) is 64.3 cm³/mol. The zero-order valence-electron chi connectivity index (χ0n) is 8.40. The van der Waals surface area contributed by atoms with Crippen molar-refractivity contribution in [3.05, 3.63) is 22.9 Å². The summed E-state index contributed by atoms with van der Waals surface area (Å²) in [5.41, 5.74) is 0.495. The van der Waals surface area contributed by atoms with E-state index in [2.05, 4.69) is 25.6 Å². The van der Waals surface area contributed by atoms with Gasteiger partial charge in [-0.05, 0) is 34.5 Å². The molecule has 0 saturated heterocycles. The van der Waals surface area contributed by atoms with Gasteiger partial charge in [0, 0.05) is 0 Å². The zero-order valence-corrected chi connectivity index (χ0v) is 10.8. The molecule has 0 aromatic carbocycles. The van der Waals surface area contributed by atoms with E-state index in [0.717, 1.165) is 6.42 Å². The number of nitrogens with zero attached hydrogens (tertiary/aromatic N) is 1. The highest BCUT2D eigenvalue weighted by molar-refractivity contribution is 9.10. The molecule has 6 heteroatoms. The molecule has 0 spiro atoms. The fourth-order valence-corrected chi connectivity index (χ4v) is 2.49. The lowest BCUT2D eigenvalue weighted by Crippen LogP contribution is -2.16. The molecule has 0 bridgehead atoms. The molecule has 0 aliphatic heterocycles. The Labute approximate surface area is 98.3 Å². The molecule has 1 aromatic rings. The van der Waals surface area contributed by atoms with Crippen LogP contribution in [0, 0.1) is 0 Å². The van der Waals surface area contributed by atoms with Crippen LogP contribution >= 0.6 is 15.9 Å². The van der Waals surface area contributed by atoms with Crippen LogP contribution in [-0.2, 0) is 10.0 Å². The predicted octanol–water partition coefficient (Wildman–Crippen LogP) is 2.39. The van der Waals surface area contributed by atoms with Crippen molar-refractivity contribution < 1.29 is 8.42 Å². The van der Waals surface area contributed by atoms with Gasteiger partial charge in [0.1, 0.15) is 4.60 Å². The van der Waals surface area contributed by atoms with Crippen molar-refractivity contribution in [3.8, 4) is 0 Å². The van der Waals surface area contributed by atoms with Gasteiger partial charge in [0.2, 0.25) is 10.0 Å². The Balaban J connectivity index is 2.65. The first kappa shape index (κ1) is 12.4. The number of hydrogen-bond donors (Lipinski definition) is 1. The molecule has 15 heavy (non-hydrogen) atoms. The maximum absolute atomic E-state index is 11.5. The molecule has 1 rings (SSSR count). The van der Waals surface area contributed by atoms with Gasteiger partial charge in [-0.15, -0.1) is 0 Å². The van der Waals surface area contributed by atoms with Gasteiger partial charge in [0.05, 0.1) is 17.6 Å². The summed E-state index contributed by atoms with van der Waals surface area (Å²) in [5, 5.41) is 0. The van der Waals surface area contributed by atoms with E-state index in [4.69, 9.17) is 0 Å². The number of halogens is 1. The van der Waals surface area contributed by atoms with Crippen LogP contribution in [0.25, 0.3) is 0 Å². The normalized spacial score (nSPS) is 11.3. The molecule has 4 nitrogen and oxygen atoms in total. The third-order valence-electron chi connectivity index (χ3n) is 1.77. The first-order valence-corrected chi connectivity index (χ1v) is 7.10. The van der Waals surface area contributed by atoms with Gasteiger partial charge < -0.3 is 0 Å². The summed E-state index contributed by atoms with van der Waals surface area (Å²) in [6.45, 7) is 1.96. The third kappa shape index (κ3) is 4.61. The minimum absolute atomic E-state index is 0.152. The van der Waals surface area contributed by atoms with E-state index in [9.17, 15) is 8.42 Å². The average molecular weight is 293 g/mol. The minimum atomic E-state index is -3.21. The van der Waals surface area contributed by atoms with E-state index < -0.39 is 10.0 Å². The SMILES string of the molecule is CCCCS(=O)(=O)Nc1ccc(Br)nc1. The van der Waals surface area contributed by atoms with Crippen LogP contribution in [0.3, 0.4) is 0 Å². The summed E-state index contributed by atoms with van der Waals surface area (Å²) in [7, 11) is -3.21. The van der Waals surface area contributed by atoms with Gasteiger partial charge in [-0.3, -0.25) is 4.72 Å². The fourth-order valence-electron chi connectivity index (χ4n) is 1.00. The summed E-state index contributed by atoms with van der Waals surface area (Å²) in [4.78, 5) is 3.93. The Bertz CT molecular complexity index is 403. The molecule has 0 aliphatic rings. The largest absolute Gasteiger partial charge is 0.282 e. The molecule has 0 fully saturated rings. The Morgan fingerprint density at radius 2 is 2.20 bits per heavy atom. The van der Waals surface area contributed by atoms with Gasteiger partial charge in [-0.1, -0.05) is 13.3 Å². The van der Waals surface area contributed by atoms with E-state index >= 15 is 0 Å². The molecule has 84 valence electrons. The molecular weight excluding hydrogens is 280 g/mol. The summed E-state index contributed by atoms with van der Waals surface area (Å²) in [5.74, 6) is 0.152. The van der Waals surface area contributed by atoms with E-state index in [1.165, 1.54) is 6.20 Å². The topological polar surface area (TPSA) is 59.1 Å². The second-order valence-electron chi connectivity index (χ2n) is 3.14. The lowest BCUT2D eigenvalue weighted by Gasteiger charge is -2.06. The van der Waals surface area contributed by atoms with Crippen LogP contribution in [-0.4, -0.2) is 19.2 Å². The van der Waals surface area contributed by atoms with Crippen molar-refractivity contribution in [2.75, 3.05) is 10.5 Å². The van der Waals surface area contributed by atoms with Crippen molar-refractivity contribution in [1.82, 2.24) is 4.98 Å². The Morgan fingerprint density at radius 1 is 1.47 bits per heavy atom. The monoisotopic (exact) mass is 292 g/mol. The molecule has 0 aliphatic carbocycles. The van der Waals surface area contributed by atoms with Crippen LogP contribution in [0.15, 0.2) is 22.9 Å². The maximum atomic E-state index is 11.5. The quantitative estimate of drug-likeness (QED) is 0.848. The molecule has 1 aromatic heterocycles. The number of aromatic nitrogens is 1. The lowest BCUT2D eigenvalue weighted by molar-refractivity contribution is 0.598. The second-order valence-corrected chi connectivity index (χ2v) is 5.80. The van der Waals surface area contributed by atoms with Gasteiger partial charge in [0.15, 0.2) is 0 Å². The van der Waals surface area contributed by atoms with Gasteiger partial charge in [0.25, 0.3) is 0 Å². The fraction of sp³-hybridized carbons (Fsp3) is 0.444. The van der Waals surface area contributed by atoms with E-state index in [1.807, 2.05) is 6.92 Å². The van der Waals surface area contributed by atoms with Crippen molar-refractivity contribution >= 4 is 31.6 Å². The molecule has 0 atom stereocenters. The number of nitrogens with one attached hydrogen (secondary N) is 1. The highest BCUT2D eigenvalue weighted by Gasteiger charge is 2.09. The molecule has 0 unspecified atom stereocenters. The molecule has 1 N–H and O–H groups in total. The van der Waals surface area contributed by atoms with Crippen LogP contribution in [0.5, 0.6) is 0 Å². The Kier molecular flexibility index (Phi) is 4.53. The van der Waals surface area contributed by atoms with Gasteiger partial charge in [-0.2, -0.15) is 0 Å². The zero-order chi connectivity index (χ0) is 11.3. The van der Waals surface area contributed by atoms with Gasteiger partial charge in [-0.25, -0.2) is 13.4 Å². The minimum Gasteiger partial charge on any atom is -0.282 e. The van der Waals surface area contributed by atoms with Crippen molar-refractivity contribution in [3.63, 3.8) is 0 Å². The molecular formula is C9H13BrN2O2S. The van der Waals surface area contributed by atoms with Crippen LogP contribution in [0.1, 0.15) is 19.8 Å². The molecule has 0 radical (unpaired) electrons. The van der Waals surface area contributed by atoms with Gasteiger partial charge >= 0.3 is 0 Å². The Morgan fingerprint density at radius 3 is 2.73 bits per heavy atom. The van der Waals surface area contributed by atoms with Crippen molar-refractivity contribution in [1.29, 1.82) is 0 Å². The standard InChI is InChI=1S/C9H13BrN2O2S/c1-2-3-6-15(13,14)12-8-4-5-9(10)11-7-8/h4-5,7,12H,2-3,6H2,1H3. The summed E-state index contributed by atoms with van der Waals surface area (Å²) in [6.07, 6.45) is 3.01. The summed E-state index contributed by atoms with van der Waals surface area (Å²) >= 11 is 3.18. The highest BCUT2D eigenvalue weighted by atomic mass is 79.9. The number of rotatable bonds is 5. The van der Waals surface area contributed by atoms with Crippen LogP contribution < -0.4 is 4.72 Å². The van der Waals surface area contributed by atoms with E-state index in [-0.39, 0.29) is 5.75 Å². The van der Waals surface area contributed by atoms with E-state index in [1.54, 1.807) is 12.1 Å². The molecule has 0 amide bonds. The Hall–Kier alpha value is -0.620. The lowest BCUT2D eigenvalue weighted by atomic mass is 10.4. The number of hydrogen-bond acceptors (Lipinski definition) is 3. The summed E-state index contributed by atoms with van der Waals surface area (Å²) in [6, 6.07) is 3.36. The summed E-state index contributed by atoms with van der Waals surface area (Å²) < 4.78 is 26.1. The van der Waals surface area contributed by atoms with Crippen LogP contribution in [0.2, 0.25) is 0 Å². The number of pyridine rings is 1. The first-order chi connectivity index (χ1) is 7.03. The number of sulfonamides is 1. The number of anilines is 1. The van der Waals surface area contributed by atoms with Crippen molar-refractivity contribution in [2.45, 2.75) is 19.8 Å². The van der Waals surface area contributed by atoms with E-state index in [0.29, 0.717) is 16.7 Å². The van der Waals surface area contributed by atoms with Crippen molar-refractivity contribution in [2.24, 2.45) is 0 Å². The maximum Gasteiger partial charge on any atom is 0.232 e. The van der Waals surface area contributed by atoms with Crippen LogP contribution in [0.4, 0.5) is 5.69 Å². The second kappa shape index (κ2) is 5.46. The smallest absolute Gasteiger partial charge is 0.232 e. The number of unbranched alkanes of at least 4 members (excludes halogenated alkanes) is 1. The average Bonchev–Trinajstić information content (AvgIpc) is 2.18. The highest BCUT2D eigenvalue weighted by Crippen LogP contribution is 2.12. The molecule has 0 saturated carbocycles. The first-order valence-electron chi connectivity index (χ1n) is 4.65.